The number of aromatic nitrogens is 1. The van der Waals surface area contributed by atoms with Crippen molar-refractivity contribution in [3.63, 3.8) is 0 Å². The number of fused-ring (bicyclic) bond motifs is 1. The van der Waals surface area contributed by atoms with E-state index in [0.29, 0.717) is 5.92 Å². The molecule has 2 aliphatic heterocycles. The lowest BCUT2D eigenvalue weighted by Crippen LogP contribution is -2.44. The Morgan fingerprint density at radius 2 is 1.72 bits per heavy atom. The maximum absolute atomic E-state index is 12.5. The summed E-state index contributed by atoms with van der Waals surface area (Å²) in [5.74, 6) is 0.408. The molecule has 2 fully saturated rings. The minimum absolute atomic E-state index is 0.198. The number of likely N-dealkylation sites (tertiary alicyclic amines) is 1. The molecule has 7 heteroatoms. The summed E-state index contributed by atoms with van der Waals surface area (Å²) in [5, 5.41) is 4.47. The van der Waals surface area contributed by atoms with E-state index in [9.17, 15) is 13.2 Å². The number of piperidine rings is 1. The molecule has 2 aromatic carbocycles. The lowest BCUT2D eigenvalue weighted by Gasteiger charge is -2.28. The van der Waals surface area contributed by atoms with Gasteiger partial charge in [0.1, 0.15) is 5.75 Å². The number of hydrogen-bond donors (Lipinski definition) is 1. The molecule has 3 aromatic rings. The van der Waals surface area contributed by atoms with Crippen LogP contribution in [-0.4, -0.2) is 42.0 Å². The Morgan fingerprint density at radius 3 is 2.38 bits per heavy atom. The zero-order valence-electron chi connectivity index (χ0n) is 18.0. The van der Waals surface area contributed by atoms with Crippen molar-refractivity contribution in [2.24, 2.45) is 5.92 Å². The molecule has 0 unspecified atom stereocenters. The molecule has 32 heavy (non-hydrogen) atoms. The van der Waals surface area contributed by atoms with Crippen LogP contribution in [0.5, 0.6) is 5.75 Å². The second-order valence-electron chi connectivity index (χ2n) is 8.98. The molecule has 0 aliphatic carbocycles. The van der Waals surface area contributed by atoms with Gasteiger partial charge in [-0.25, -0.2) is 0 Å². The fraction of sp³-hybridized carbons (Fsp3) is 0.440. The smallest absolute Gasteiger partial charge is 0.406 e. The Hall–Kier alpha value is -2.51. The van der Waals surface area contributed by atoms with E-state index in [1.165, 1.54) is 42.5 Å². The van der Waals surface area contributed by atoms with Gasteiger partial charge in [-0.1, -0.05) is 24.6 Å². The largest absolute Gasteiger partial charge is 0.573 e. The molecule has 3 heterocycles. The van der Waals surface area contributed by atoms with E-state index in [0.717, 1.165) is 55.8 Å². The minimum atomic E-state index is -4.68. The first kappa shape index (κ1) is 21.3. The topological polar surface area (TPSA) is 29.4 Å². The molecule has 1 aromatic heterocycles. The highest BCUT2D eigenvalue weighted by atomic mass is 19.4. The normalized spacial score (nSPS) is 18.1. The summed E-state index contributed by atoms with van der Waals surface area (Å²) in [4.78, 5) is 2.50. The standard InChI is InChI=1S/C25H28F3N3O/c26-25(27,28)32-21-7-5-20(6-8-21)23-17-31(16-19-13-29-14-19)24-9-4-18(12-22(23)24)15-30-10-2-1-3-11-30/h4-9,12,17,19,29H,1-3,10-11,13-16H2. The zero-order valence-corrected chi connectivity index (χ0v) is 18.0. The van der Waals surface area contributed by atoms with E-state index in [2.05, 4.69) is 43.9 Å². The van der Waals surface area contributed by atoms with Gasteiger partial charge in [0.05, 0.1) is 0 Å². The molecule has 4 nitrogen and oxygen atoms in total. The fourth-order valence-electron chi connectivity index (χ4n) is 4.79. The summed E-state index contributed by atoms with van der Waals surface area (Å²) in [6.07, 6.45) is 1.29. The van der Waals surface area contributed by atoms with E-state index in [1.54, 1.807) is 12.1 Å². The number of nitrogens with zero attached hydrogens (tertiary/aromatic N) is 2. The second-order valence-corrected chi connectivity index (χ2v) is 8.98. The van der Waals surface area contributed by atoms with Crippen LogP contribution in [0.3, 0.4) is 0 Å². The van der Waals surface area contributed by atoms with Crippen molar-refractivity contribution in [3.05, 3.63) is 54.2 Å². The van der Waals surface area contributed by atoms with Crippen LogP contribution in [0.15, 0.2) is 48.7 Å². The molecule has 1 N–H and O–H groups in total. The lowest BCUT2D eigenvalue weighted by atomic mass is 10.0. The Bertz CT molecular complexity index is 1060. The van der Waals surface area contributed by atoms with E-state index in [4.69, 9.17) is 0 Å². The molecule has 0 radical (unpaired) electrons. The zero-order chi connectivity index (χ0) is 22.1. The molecule has 0 amide bonds. The van der Waals surface area contributed by atoms with Crippen LogP contribution in [-0.2, 0) is 13.1 Å². The first-order valence-corrected chi connectivity index (χ1v) is 11.4. The van der Waals surface area contributed by atoms with Gasteiger partial charge in [-0.15, -0.1) is 13.2 Å². The first-order valence-electron chi connectivity index (χ1n) is 11.4. The van der Waals surface area contributed by atoms with Gasteiger partial charge in [-0.3, -0.25) is 4.90 Å². The van der Waals surface area contributed by atoms with Gasteiger partial charge < -0.3 is 14.6 Å². The third-order valence-electron chi connectivity index (χ3n) is 6.52. The van der Waals surface area contributed by atoms with Gasteiger partial charge in [0.15, 0.2) is 0 Å². The predicted molar refractivity (Wildman–Crippen MR) is 120 cm³/mol. The average Bonchev–Trinajstić information content (AvgIpc) is 3.09. The van der Waals surface area contributed by atoms with Gasteiger partial charge >= 0.3 is 6.36 Å². The van der Waals surface area contributed by atoms with Crippen molar-refractivity contribution in [2.45, 2.75) is 38.7 Å². The van der Waals surface area contributed by atoms with Gasteiger partial charge in [0, 0.05) is 54.8 Å². The van der Waals surface area contributed by atoms with Crippen molar-refractivity contribution in [3.8, 4) is 16.9 Å². The first-order chi connectivity index (χ1) is 15.4. The van der Waals surface area contributed by atoms with Gasteiger partial charge in [0.25, 0.3) is 0 Å². The monoisotopic (exact) mass is 443 g/mol. The Kier molecular flexibility index (Phi) is 5.86. The van der Waals surface area contributed by atoms with Crippen molar-refractivity contribution < 1.29 is 17.9 Å². The van der Waals surface area contributed by atoms with Crippen LogP contribution >= 0.6 is 0 Å². The highest BCUT2D eigenvalue weighted by Crippen LogP contribution is 2.34. The lowest BCUT2D eigenvalue weighted by molar-refractivity contribution is -0.274. The molecular formula is C25H28F3N3O. The van der Waals surface area contributed by atoms with Crippen LogP contribution in [0, 0.1) is 5.92 Å². The minimum Gasteiger partial charge on any atom is -0.406 e. The summed E-state index contributed by atoms with van der Waals surface area (Å²) >= 11 is 0. The molecule has 2 aliphatic rings. The van der Waals surface area contributed by atoms with Crippen molar-refractivity contribution in [2.75, 3.05) is 26.2 Å². The SMILES string of the molecule is FC(F)(F)Oc1ccc(-c2cn(CC3CNC3)c3ccc(CN4CCCCC4)cc23)cc1. The van der Waals surface area contributed by atoms with E-state index in [1.807, 2.05) is 0 Å². The Morgan fingerprint density at radius 1 is 0.969 bits per heavy atom. The number of hydrogen-bond acceptors (Lipinski definition) is 3. The molecular weight excluding hydrogens is 415 g/mol. The molecule has 0 bridgehead atoms. The molecule has 2 saturated heterocycles. The van der Waals surface area contributed by atoms with Crippen LogP contribution < -0.4 is 10.1 Å². The number of benzene rings is 2. The van der Waals surface area contributed by atoms with E-state index >= 15 is 0 Å². The molecule has 0 spiro atoms. The van der Waals surface area contributed by atoms with E-state index in [-0.39, 0.29) is 5.75 Å². The third kappa shape index (κ3) is 4.79. The van der Waals surface area contributed by atoms with Crippen LogP contribution in [0.25, 0.3) is 22.0 Å². The maximum Gasteiger partial charge on any atom is 0.573 e. The number of ether oxygens (including phenoxy) is 1. The summed E-state index contributed by atoms with van der Waals surface area (Å²) in [7, 11) is 0. The van der Waals surface area contributed by atoms with Crippen LogP contribution in [0.4, 0.5) is 13.2 Å². The van der Waals surface area contributed by atoms with Gasteiger partial charge in [-0.05, 0) is 61.3 Å². The van der Waals surface area contributed by atoms with Gasteiger partial charge in [0.2, 0.25) is 0 Å². The van der Waals surface area contributed by atoms with Crippen LogP contribution in [0.2, 0.25) is 0 Å². The quantitative estimate of drug-likeness (QED) is 0.552. The van der Waals surface area contributed by atoms with Crippen LogP contribution in [0.1, 0.15) is 24.8 Å². The number of rotatable bonds is 6. The van der Waals surface area contributed by atoms with Gasteiger partial charge in [-0.2, -0.15) is 0 Å². The summed E-state index contributed by atoms with van der Waals surface area (Å²) in [6.45, 7) is 6.19. The van der Waals surface area contributed by atoms with Crippen molar-refractivity contribution >= 4 is 10.9 Å². The van der Waals surface area contributed by atoms with Crippen molar-refractivity contribution in [1.29, 1.82) is 0 Å². The molecule has 0 saturated carbocycles. The highest BCUT2D eigenvalue weighted by Gasteiger charge is 2.31. The van der Waals surface area contributed by atoms with Crippen molar-refractivity contribution in [1.82, 2.24) is 14.8 Å². The summed E-state index contributed by atoms with van der Waals surface area (Å²) < 4.78 is 44.0. The maximum atomic E-state index is 12.5. The molecule has 170 valence electrons. The fourth-order valence-corrected chi connectivity index (χ4v) is 4.79. The number of alkyl halides is 3. The highest BCUT2D eigenvalue weighted by molar-refractivity contribution is 5.96. The average molecular weight is 444 g/mol. The third-order valence-corrected chi connectivity index (χ3v) is 6.52. The number of halogens is 3. The Balaban J connectivity index is 1.48. The predicted octanol–water partition coefficient (Wildman–Crippen LogP) is 5.41. The molecule has 5 rings (SSSR count). The second kappa shape index (κ2) is 8.79. The number of nitrogens with one attached hydrogen (secondary N) is 1. The molecule has 0 atom stereocenters. The summed E-state index contributed by atoms with van der Waals surface area (Å²) in [6, 6.07) is 12.9. The Labute approximate surface area is 186 Å². The van der Waals surface area contributed by atoms with E-state index < -0.39 is 6.36 Å². The summed E-state index contributed by atoms with van der Waals surface area (Å²) in [5.41, 5.74) is 4.39.